The predicted octanol–water partition coefficient (Wildman–Crippen LogP) is 4.03. The number of halogens is 3. The van der Waals surface area contributed by atoms with Gasteiger partial charge in [0.1, 0.15) is 30.1 Å². The maximum Gasteiger partial charge on any atom is 0.410 e. The molecule has 1 aromatic carbocycles. The number of alkyl halides is 3. The molecule has 1 saturated heterocycles. The van der Waals surface area contributed by atoms with Crippen LogP contribution in [0.4, 0.5) is 23.7 Å². The number of nitrogens with zero attached hydrogens (tertiary/aromatic N) is 3. The predicted molar refractivity (Wildman–Crippen MR) is 141 cm³/mol. The van der Waals surface area contributed by atoms with E-state index in [9.17, 15) is 27.6 Å². The monoisotopic (exact) mass is 574 g/mol. The molecule has 0 spiro atoms. The minimum Gasteiger partial charge on any atom is -0.491 e. The number of urea groups is 1. The second-order valence-electron chi connectivity index (χ2n) is 11.7. The van der Waals surface area contributed by atoms with Crippen molar-refractivity contribution >= 4 is 23.5 Å². The van der Waals surface area contributed by atoms with Crippen molar-refractivity contribution in [1.82, 2.24) is 25.3 Å². The lowest BCUT2D eigenvalue weighted by Gasteiger charge is -2.28. The van der Waals surface area contributed by atoms with Gasteiger partial charge in [-0.05, 0) is 69.4 Å². The fraction of sp³-hybridized carbons (Fsp3) is 0.571. The van der Waals surface area contributed by atoms with Crippen LogP contribution in [-0.2, 0) is 4.79 Å². The summed E-state index contributed by atoms with van der Waals surface area (Å²) in [6.07, 6.45) is 1.13. The van der Waals surface area contributed by atoms with Crippen molar-refractivity contribution in [2.24, 2.45) is 17.8 Å². The molecule has 2 saturated carbocycles. The van der Waals surface area contributed by atoms with Gasteiger partial charge in [0.25, 0.3) is 5.91 Å². The van der Waals surface area contributed by atoms with Crippen molar-refractivity contribution in [2.75, 3.05) is 18.5 Å². The van der Waals surface area contributed by atoms with Crippen LogP contribution in [0.25, 0.3) is 0 Å². The van der Waals surface area contributed by atoms with Gasteiger partial charge in [-0.2, -0.15) is 18.3 Å². The smallest absolute Gasteiger partial charge is 0.410 e. The maximum atomic E-state index is 13.7. The molecular formula is C28H33F3N6O4. The van der Waals surface area contributed by atoms with Gasteiger partial charge in [0.15, 0.2) is 0 Å². The standard InChI is InChI=1S/C28H33F3N6O4/c1-14(2)37-19(9-10-32-37)25(38)35-24(23(15-3-4-15)16-5-6-16)26(39)33-17-7-8-18-20(13-41-21(18)11-17)36-12-22(28(29,30)31)34-27(36)40/h7-11,14-16,20,22-24H,3-6,12-13H2,1-2H3,(H,33,39)(H,34,40)(H,35,38)/t20-,22+,24+/m1/s1. The SMILES string of the molecule is CC(C)n1nccc1C(=O)N[C@H](C(=O)Nc1ccc2c(c1)OC[C@H]2N1C[C@@H](C(F)(F)F)NC1=O)C(C1CC1)C1CC1. The highest BCUT2D eigenvalue weighted by Crippen LogP contribution is 2.51. The minimum absolute atomic E-state index is 0.0123. The van der Waals surface area contributed by atoms with Gasteiger partial charge in [-0.25, -0.2) is 4.79 Å². The van der Waals surface area contributed by atoms with Crippen molar-refractivity contribution in [3.63, 3.8) is 0 Å². The van der Waals surface area contributed by atoms with Crippen LogP contribution in [0.1, 0.15) is 67.7 Å². The molecule has 3 fully saturated rings. The Morgan fingerprint density at radius 2 is 1.83 bits per heavy atom. The lowest BCUT2D eigenvalue weighted by Crippen LogP contribution is -2.50. The number of aromatic nitrogens is 2. The third-order valence-electron chi connectivity index (χ3n) is 8.42. The zero-order valence-corrected chi connectivity index (χ0v) is 22.8. The highest BCUT2D eigenvalue weighted by Gasteiger charge is 2.50. The Kier molecular flexibility index (Phi) is 6.85. The quantitative estimate of drug-likeness (QED) is 0.418. The Balaban J connectivity index is 1.19. The molecule has 0 radical (unpaired) electrons. The first-order valence-corrected chi connectivity index (χ1v) is 14.1. The van der Waals surface area contributed by atoms with Crippen molar-refractivity contribution in [3.05, 3.63) is 41.7 Å². The summed E-state index contributed by atoms with van der Waals surface area (Å²) >= 11 is 0. The molecule has 0 bridgehead atoms. The summed E-state index contributed by atoms with van der Waals surface area (Å²) in [5.41, 5.74) is 1.39. The fourth-order valence-electron chi connectivity index (χ4n) is 6.11. The van der Waals surface area contributed by atoms with Crippen molar-refractivity contribution in [3.8, 4) is 5.75 Å². The van der Waals surface area contributed by atoms with Crippen molar-refractivity contribution in [2.45, 2.75) is 69.9 Å². The van der Waals surface area contributed by atoms with Gasteiger partial charge in [0.05, 0.1) is 12.6 Å². The van der Waals surface area contributed by atoms with E-state index in [2.05, 4.69) is 15.7 Å². The zero-order chi connectivity index (χ0) is 29.1. The molecule has 3 heterocycles. The summed E-state index contributed by atoms with van der Waals surface area (Å²) in [5, 5.41) is 12.2. The first-order chi connectivity index (χ1) is 19.5. The van der Waals surface area contributed by atoms with Crippen molar-refractivity contribution < 1.29 is 32.3 Å². The number of ether oxygens (including phenoxy) is 1. The summed E-state index contributed by atoms with van der Waals surface area (Å²) in [7, 11) is 0. The average Bonchev–Trinajstić information content (AvgIpc) is 3.79. The van der Waals surface area contributed by atoms with Gasteiger partial charge in [-0.15, -0.1) is 0 Å². The van der Waals surface area contributed by atoms with Crippen LogP contribution >= 0.6 is 0 Å². The number of hydrogen-bond donors (Lipinski definition) is 3. The number of hydrogen-bond acceptors (Lipinski definition) is 5. The molecule has 1 aromatic heterocycles. The van der Waals surface area contributed by atoms with Gasteiger partial charge >= 0.3 is 12.2 Å². The maximum absolute atomic E-state index is 13.7. The van der Waals surface area contributed by atoms with E-state index in [0.717, 1.165) is 30.6 Å². The Morgan fingerprint density at radius 3 is 2.44 bits per heavy atom. The number of nitrogens with one attached hydrogen (secondary N) is 3. The third kappa shape index (κ3) is 5.45. The van der Waals surface area contributed by atoms with Crippen LogP contribution in [-0.4, -0.2) is 63.9 Å². The normalized spacial score (nSPS) is 22.9. The average molecular weight is 575 g/mol. The van der Waals surface area contributed by atoms with E-state index in [4.69, 9.17) is 4.74 Å². The Morgan fingerprint density at radius 1 is 1.12 bits per heavy atom. The first-order valence-electron chi connectivity index (χ1n) is 14.1. The molecule has 3 N–H and O–H groups in total. The zero-order valence-electron chi connectivity index (χ0n) is 22.8. The van der Waals surface area contributed by atoms with E-state index in [1.165, 1.54) is 0 Å². The molecule has 220 valence electrons. The molecular weight excluding hydrogens is 541 g/mol. The van der Waals surface area contributed by atoms with E-state index in [0.29, 0.717) is 34.5 Å². The summed E-state index contributed by atoms with van der Waals surface area (Å²) in [6.45, 7) is 3.36. The second-order valence-corrected chi connectivity index (χ2v) is 11.7. The number of amides is 4. The molecule has 3 atom stereocenters. The number of carbonyl (C=O) groups is 3. The summed E-state index contributed by atoms with van der Waals surface area (Å²) < 4.78 is 46.9. The van der Waals surface area contributed by atoms with Gasteiger partial charge < -0.3 is 25.6 Å². The van der Waals surface area contributed by atoms with E-state index in [-0.39, 0.29) is 30.4 Å². The number of rotatable bonds is 9. The van der Waals surface area contributed by atoms with Crippen LogP contribution in [0.3, 0.4) is 0 Å². The van der Waals surface area contributed by atoms with Gasteiger partial charge in [-0.3, -0.25) is 14.3 Å². The lowest BCUT2D eigenvalue weighted by molar-refractivity contribution is -0.150. The van der Waals surface area contributed by atoms with Gasteiger partial charge in [0, 0.05) is 29.6 Å². The van der Waals surface area contributed by atoms with Crippen molar-refractivity contribution in [1.29, 1.82) is 0 Å². The van der Waals surface area contributed by atoms with E-state index >= 15 is 0 Å². The molecule has 41 heavy (non-hydrogen) atoms. The van der Waals surface area contributed by atoms with Gasteiger partial charge in [0.2, 0.25) is 5.91 Å². The molecule has 2 aliphatic carbocycles. The second kappa shape index (κ2) is 10.3. The summed E-state index contributed by atoms with van der Waals surface area (Å²) in [5.74, 6) is 0.482. The summed E-state index contributed by atoms with van der Waals surface area (Å²) in [4.78, 5) is 40.5. The summed E-state index contributed by atoms with van der Waals surface area (Å²) in [6, 6.07) is 2.37. The first kappa shape index (κ1) is 27.4. The lowest BCUT2D eigenvalue weighted by atomic mass is 9.88. The molecule has 6 rings (SSSR count). The van der Waals surface area contributed by atoms with E-state index in [1.807, 2.05) is 19.2 Å². The molecule has 0 unspecified atom stereocenters. The largest absolute Gasteiger partial charge is 0.491 e. The fourth-order valence-corrected chi connectivity index (χ4v) is 6.11. The Hall–Kier alpha value is -3.77. The highest BCUT2D eigenvalue weighted by atomic mass is 19.4. The van der Waals surface area contributed by atoms with Crippen LogP contribution in [0.2, 0.25) is 0 Å². The Labute approximate surface area is 235 Å². The van der Waals surface area contributed by atoms with Crippen LogP contribution in [0.15, 0.2) is 30.5 Å². The third-order valence-corrected chi connectivity index (χ3v) is 8.42. The molecule has 4 aliphatic rings. The molecule has 2 aliphatic heterocycles. The number of fused-ring (bicyclic) bond motifs is 1. The van der Waals surface area contributed by atoms with Crippen LogP contribution in [0.5, 0.6) is 5.75 Å². The van der Waals surface area contributed by atoms with E-state index < -0.39 is 36.9 Å². The molecule has 2 aromatic rings. The van der Waals surface area contributed by atoms with Crippen LogP contribution < -0.4 is 20.7 Å². The number of benzene rings is 1. The van der Waals surface area contributed by atoms with Gasteiger partial charge in [-0.1, -0.05) is 6.07 Å². The number of carbonyl (C=O) groups excluding carboxylic acids is 3. The minimum atomic E-state index is -4.54. The topological polar surface area (TPSA) is 118 Å². The highest BCUT2D eigenvalue weighted by molar-refractivity contribution is 6.01. The Bertz CT molecular complexity index is 1340. The number of anilines is 1. The van der Waals surface area contributed by atoms with E-state index in [1.54, 1.807) is 35.1 Å². The molecule has 4 amide bonds. The van der Waals surface area contributed by atoms with Crippen LogP contribution in [0, 0.1) is 17.8 Å². The molecule has 10 nitrogen and oxygen atoms in total. The molecule has 13 heteroatoms.